The van der Waals surface area contributed by atoms with Crippen LogP contribution in [0.5, 0.6) is 17.2 Å². The molecule has 0 spiro atoms. The summed E-state index contributed by atoms with van der Waals surface area (Å²) in [5.74, 6) is 2.45. The van der Waals surface area contributed by atoms with Gasteiger partial charge in [0.05, 0.1) is 189 Å². The number of benzene rings is 5. The summed E-state index contributed by atoms with van der Waals surface area (Å²) in [6, 6.07) is 23.4. The van der Waals surface area contributed by atoms with Crippen molar-refractivity contribution in [2.75, 3.05) is 130 Å². The van der Waals surface area contributed by atoms with Gasteiger partial charge in [-0.15, -0.1) is 0 Å². The van der Waals surface area contributed by atoms with Crippen LogP contribution in [0.1, 0.15) is 182 Å². The molecular weight excluding hydrogens is 1710 g/mol. The number of aliphatic hydroxyl groups excluding tert-OH is 4. The maximum Gasteiger partial charge on any atom is 0.197 e. The van der Waals surface area contributed by atoms with Crippen molar-refractivity contribution in [3.05, 3.63) is 201 Å². The number of aryl methyl sites for hydroxylation is 1. The monoisotopic (exact) mass is 1850 g/mol. The summed E-state index contributed by atoms with van der Waals surface area (Å²) in [6.07, 6.45) is 41.4. The SMILES string of the molecule is CCCCCCOC1=CC(=Nc2ccc(N(CCO)CCO)cc2)C(=N)C=C1N.CCCCCCOC1=CC(=Nc2ccc(N(CCO)CCO)cc2C)C(=N)C=C1N.CCCCCCOc1cc(N=C2C=CC(=N)C(C)=C2C)c(N)cc1N.CCCCCCOc1cc(N=C2C=CC(=O)C(Cl)=C2)c(N)cc1N.CCCCCCOc1cc(N=C2C=CC(=O)C=C2Cl)c(N)cc1N. The summed E-state index contributed by atoms with van der Waals surface area (Å²) in [4.78, 5) is 49.1. The molecule has 0 amide bonds. The molecule has 10 rings (SSSR count). The molecule has 0 heterocycles. The maximum absolute atomic E-state index is 11.3. The average Bonchev–Trinajstić information content (AvgIpc) is 0.808. The lowest BCUT2D eigenvalue weighted by molar-refractivity contribution is -0.111. The number of hydrogen-bond donors (Lipinski definition) is 15. The maximum atomic E-state index is 11.3. The summed E-state index contributed by atoms with van der Waals surface area (Å²) < 4.78 is 28.9. The molecule has 0 atom stereocenters. The van der Waals surface area contributed by atoms with E-state index in [0.717, 1.165) is 104 Å². The third kappa shape index (κ3) is 36.8. The van der Waals surface area contributed by atoms with E-state index in [9.17, 15) is 30.0 Å². The van der Waals surface area contributed by atoms with E-state index in [1.165, 1.54) is 88.5 Å². The molecule has 132 heavy (non-hydrogen) atoms. The lowest BCUT2D eigenvalue weighted by atomic mass is 9.96. The number of ketones is 2. The normalized spacial score (nSPS) is 15.5. The predicted molar refractivity (Wildman–Crippen MR) is 548 cm³/mol. The van der Waals surface area contributed by atoms with Crippen LogP contribution >= 0.6 is 23.2 Å². The predicted octanol–water partition coefficient (Wildman–Crippen LogP) is 19.2. The molecule has 0 radical (unpaired) electrons. The minimum Gasteiger partial charge on any atom is -0.491 e. The zero-order valence-corrected chi connectivity index (χ0v) is 79.4. The van der Waals surface area contributed by atoms with E-state index in [2.05, 4.69) is 59.6 Å². The van der Waals surface area contributed by atoms with Crippen LogP contribution in [0.3, 0.4) is 0 Å². The number of aliphatic hydroxyl groups is 4. The van der Waals surface area contributed by atoms with Crippen LogP contribution in [0.4, 0.5) is 73.9 Å². The molecule has 0 aliphatic heterocycles. The van der Waals surface area contributed by atoms with Crippen LogP contribution in [0, 0.1) is 23.2 Å². The number of allylic oxidation sites excluding steroid dienone is 16. The molecule has 5 aromatic rings. The quantitative estimate of drug-likeness (QED) is 0.00745. The van der Waals surface area contributed by atoms with Gasteiger partial charge in [0.1, 0.15) is 28.8 Å². The van der Waals surface area contributed by atoms with Gasteiger partial charge in [0, 0.05) is 74.0 Å². The highest BCUT2D eigenvalue weighted by Gasteiger charge is 2.22. The van der Waals surface area contributed by atoms with Gasteiger partial charge in [0.2, 0.25) is 0 Å². The fraction of sp³-hybridized carbons (Fsp3) is 0.406. The number of unbranched alkanes of at least 4 members (excludes halogenated alkanes) is 15. The zero-order chi connectivity index (χ0) is 96.4. The summed E-state index contributed by atoms with van der Waals surface area (Å²) in [5, 5.41) is 61.5. The molecule has 0 bridgehead atoms. The Morgan fingerprint density at radius 2 is 0.735 bits per heavy atom. The Morgan fingerprint density at radius 3 is 1.14 bits per heavy atom. The molecule has 0 unspecified atom stereocenters. The number of nitrogens with zero attached hydrogens (tertiary/aromatic N) is 7. The molecule has 31 heteroatoms. The molecule has 5 aromatic carbocycles. The number of hydrogen-bond acceptors (Lipinski definition) is 29. The first-order valence-corrected chi connectivity index (χ1v) is 46.3. The highest BCUT2D eigenvalue weighted by atomic mass is 35.5. The van der Waals surface area contributed by atoms with Crippen molar-refractivity contribution in [1.82, 2.24) is 0 Å². The van der Waals surface area contributed by atoms with E-state index in [1.807, 2.05) is 79.1 Å². The van der Waals surface area contributed by atoms with Gasteiger partial charge in [-0.1, -0.05) is 154 Å². The Kier molecular flexibility index (Phi) is 48.5. The molecule has 23 N–H and O–H groups in total. The largest absolute Gasteiger partial charge is 0.491 e. The fourth-order valence-corrected chi connectivity index (χ4v) is 13.7. The molecule has 5 aliphatic carbocycles. The first-order valence-electron chi connectivity index (χ1n) is 45.5. The Bertz CT molecular complexity index is 5200. The van der Waals surface area contributed by atoms with Crippen molar-refractivity contribution in [3.8, 4) is 17.2 Å². The van der Waals surface area contributed by atoms with Gasteiger partial charge in [0.25, 0.3) is 0 Å². The minimum absolute atomic E-state index is 0.0139. The number of aliphatic imine (C=N–C) groups is 5. The molecule has 712 valence electrons. The molecule has 5 aliphatic rings. The first-order chi connectivity index (χ1) is 63.5. The van der Waals surface area contributed by atoms with E-state index in [4.69, 9.17) is 109 Å². The number of halogens is 2. The standard InChI is InChI=1S/C23H34N4O3.C22H32N4O3.C20H28N4O.2C18H22ClN3O2/c1-3-4-5-6-13-30-23-16-22(19(24)15-20(23)25)26-21-8-7-18(14-17(21)2)27(9-11-28)10-12-29;1-2-3-4-5-14-29-22-16-21(19(23)15-20(22)24)25-17-6-8-18(9-7-17)26(10-12-27)11-13-28;1-4-5-6-7-10-25-20-12-19(16(22)11-17(20)23)24-18-9-8-15(21)13(2)14(18)3;1-2-3-4-5-8-24-18-11-16(14(20)10-15(18)21)22-12-6-7-17(23)13(19)9-12;1-2-3-4-5-8-24-18-11-17(14(20)10-15(18)21)22-16-7-6-12(23)9-13(16)19/h7-8,14-16,24,28-29H,3-6,9-13,25H2,1-2H3;6-9,15-16,23,27-28H,2-5,10-14,24H2,1H3;8-9,11-12,21H,4-7,10,22-23H2,1-3H3;2*6-7,9-11H,2-5,8,20-21H2,1H3. The Morgan fingerprint density at radius 1 is 0.348 bits per heavy atom. The smallest absolute Gasteiger partial charge is 0.197 e. The van der Waals surface area contributed by atoms with Gasteiger partial charge in [0.15, 0.2) is 11.6 Å². The van der Waals surface area contributed by atoms with Gasteiger partial charge in [-0.05, 0) is 185 Å². The Balaban J connectivity index is 0.000000255. The van der Waals surface area contributed by atoms with Crippen molar-refractivity contribution in [1.29, 1.82) is 16.2 Å². The van der Waals surface area contributed by atoms with Gasteiger partial charge in [-0.2, -0.15) is 0 Å². The number of nitrogens with one attached hydrogen (secondary N) is 3. The third-order valence-electron chi connectivity index (χ3n) is 21.1. The lowest BCUT2D eigenvalue weighted by Crippen LogP contribution is -2.29. The molecule has 29 nitrogen and oxygen atoms in total. The molecule has 0 aromatic heterocycles. The van der Waals surface area contributed by atoms with E-state index in [0.29, 0.717) is 185 Å². The number of carbonyl (C=O) groups excluding carboxylic acids is 2. The zero-order valence-electron chi connectivity index (χ0n) is 77.9. The minimum atomic E-state index is -0.239. The van der Waals surface area contributed by atoms with Crippen LogP contribution in [-0.2, 0) is 19.1 Å². The van der Waals surface area contributed by atoms with Crippen LogP contribution < -0.4 is 69.9 Å². The van der Waals surface area contributed by atoms with Gasteiger partial charge in [-0.25, -0.2) is 25.0 Å². The van der Waals surface area contributed by atoms with E-state index >= 15 is 0 Å². The second-order valence-corrected chi connectivity index (χ2v) is 32.5. The molecular formula is C101H138Cl2N18O11. The second kappa shape index (κ2) is 59.1. The summed E-state index contributed by atoms with van der Waals surface area (Å²) >= 11 is 11.9. The Hall–Kier alpha value is -12.4. The molecule has 0 saturated carbocycles. The van der Waals surface area contributed by atoms with Crippen molar-refractivity contribution in [2.24, 2.45) is 36.4 Å². The highest BCUT2D eigenvalue weighted by Crippen LogP contribution is 2.39. The van der Waals surface area contributed by atoms with Crippen LogP contribution in [0.25, 0.3) is 0 Å². The van der Waals surface area contributed by atoms with Crippen LogP contribution in [0.2, 0.25) is 0 Å². The highest BCUT2D eigenvalue weighted by molar-refractivity contribution is 6.51. The number of nitrogen functional groups attached to an aromatic ring is 6. The van der Waals surface area contributed by atoms with Crippen molar-refractivity contribution in [2.45, 2.75) is 184 Å². The average molecular weight is 1850 g/mol. The number of nitrogens with two attached hydrogens (primary N) is 8. The van der Waals surface area contributed by atoms with Crippen molar-refractivity contribution < 1.29 is 53.7 Å². The van der Waals surface area contributed by atoms with E-state index < -0.39 is 0 Å². The van der Waals surface area contributed by atoms with E-state index in [-0.39, 0.29) is 59.5 Å². The van der Waals surface area contributed by atoms with Gasteiger partial charge in [-0.3, -0.25) is 20.4 Å². The number of rotatable bonds is 45. The lowest BCUT2D eigenvalue weighted by Gasteiger charge is -2.23. The van der Waals surface area contributed by atoms with Gasteiger partial charge >= 0.3 is 0 Å². The molecule has 0 saturated heterocycles. The van der Waals surface area contributed by atoms with Crippen molar-refractivity contribution >= 4 is 154 Å². The van der Waals surface area contributed by atoms with Crippen LogP contribution in [0.15, 0.2) is 221 Å². The fourth-order valence-electron chi connectivity index (χ4n) is 13.3. The summed E-state index contributed by atoms with van der Waals surface area (Å²) in [6.45, 7) is 21.6. The topological polar surface area (TPSA) is 509 Å². The number of ether oxygens (including phenoxy) is 5. The van der Waals surface area contributed by atoms with Crippen molar-refractivity contribution in [3.63, 3.8) is 0 Å². The molecule has 0 fully saturated rings. The van der Waals surface area contributed by atoms with Crippen LogP contribution in [-0.4, -0.2) is 163 Å². The summed E-state index contributed by atoms with van der Waals surface area (Å²) in [7, 11) is 0. The Labute approximate surface area is 788 Å². The number of anilines is 8. The van der Waals surface area contributed by atoms with E-state index in [1.54, 1.807) is 78.9 Å². The third-order valence-corrected chi connectivity index (χ3v) is 21.7. The summed E-state index contributed by atoms with van der Waals surface area (Å²) in [5.41, 5.74) is 63.4. The number of carbonyl (C=O) groups is 2. The van der Waals surface area contributed by atoms with Gasteiger partial charge < -0.3 is 105 Å². The first kappa shape index (κ1) is 108. The second-order valence-electron chi connectivity index (χ2n) is 31.7.